The van der Waals surface area contributed by atoms with Gasteiger partial charge in [-0.3, -0.25) is 0 Å². The Morgan fingerprint density at radius 3 is 2.50 bits per heavy atom. The van der Waals surface area contributed by atoms with Crippen molar-refractivity contribution in [2.75, 3.05) is 5.73 Å². The summed E-state index contributed by atoms with van der Waals surface area (Å²) in [6, 6.07) is 7.55. The molecule has 0 amide bonds. The molecule has 2 heterocycles. The van der Waals surface area contributed by atoms with Crippen LogP contribution < -0.4 is 5.73 Å². The summed E-state index contributed by atoms with van der Waals surface area (Å²) in [7, 11) is 0. The molecule has 0 unspecified atom stereocenters. The molecule has 0 saturated heterocycles. The summed E-state index contributed by atoms with van der Waals surface area (Å²) in [6.07, 6.45) is 1.76. The maximum Gasteiger partial charge on any atom is 0.137 e. The van der Waals surface area contributed by atoms with Gasteiger partial charge in [-0.2, -0.15) is 0 Å². The minimum atomic E-state index is -0.116. The van der Waals surface area contributed by atoms with Crippen LogP contribution in [0, 0.1) is 0 Å². The van der Waals surface area contributed by atoms with E-state index in [1.807, 2.05) is 18.2 Å². The lowest BCUT2D eigenvalue weighted by molar-refractivity contribution is 0.539. The van der Waals surface area contributed by atoms with Gasteiger partial charge in [0.1, 0.15) is 21.7 Å². The second kappa shape index (κ2) is 4.94. The summed E-state index contributed by atoms with van der Waals surface area (Å²) in [5, 5.41) is 1.72. The number of hydrogen-bond donors (Lipinski definition) is 1. The second-order valence-corrected chi connectivity index (χ2v) is 6.02. The fourth-order valence-electron chi connectivity index (χ4n) is 1.35. The van der Waals surface area contributed by atoms with E-state index < -0.39 is 0 Å². The Kier molecular flexibility index (Phi) is 3.52. The molecule has 0 aliphatic heterocycles. The molecule has 0 bridgehead atoms. The van der Waals surface area contributed by atoms with Gasteiger partial charge in [-0.1, -0.05) is 26.8 Å². The van der Waals surface area contributed by atoms with Crippen LogP contribution in [0.5, 0.6) is 0 Å². The molecule has 94 valence electrons. The summed E-state index contributed by atoms with van der Waals surface area (Å²) < 4.78 is 0. The van der Waals surface area contributed by atoms with Crippen molar-refractivity contribution in [1.29, 1.82) is 0 Å². The minimum absolute atomic E-state index is 0.116. The van der Waals surface area contributed by atoms with Gasteiger partial charge >= 0.3 is 0 Å². The first kappa shape index (κ1) is 12.8. The van der Waals surface area contributed by atoms with E-state index in [4.69, 9.17) is 5.73 Å². The molecule has 4 nitrogen and oxygen atoms in total. The van der Waals surface area contributed by atoms with Gasteiger partial charge in [0, 0.05) is 17.7 Å². The molecule has 0 saturated carbocycles. The molecule has 18 heavy (non-hydrogen) atoms. The van der Waals surface area contributed by atoms with Crippen LogP contribution in [0.1, 0.15) is 26.6 Å². The number of hydrogen-bond acceptors (Lipinski definition) is 5. The van der Waals surface area contributed by atoms with Crippen molar-refractivity contribution in [3.63, 3.8) is 0 Å². The Bertz CT molecular complexity index is 534. The average molecular weight is 260 g/mol. The first-order chi connectivity index (χ1) is 8.45. The molecule has 0 atom stereocenters. The number of nitrogens with zero attached hydrogens (tertiary/aromatic N) is 3. The molecule has 5 heteroatoms. The van der Waals surface area contributed by atoms with E-state index in [2.05, 4.69) is 35.7 Å². The summed E-state index contributed by atoms with van der Waals surface area (Å²) >= 11 is 1.49. The van der Waals surface area contributed by atoms with Crippen molar-refractivity contribution in [3.05, 3.63) is 36.3 Å². The third kappa shape index (κ3) is 3.20. The van der Waals surface area contributed by atoms with E-state index in [9.17, 15) is 0 Å². The maximum absolute atomic E-state index is 5.82. The predicted octanol–water partition coefficient (Wildman–Crippen LogP) is 2.90. The van der Waals surface area contributed by atoms with Crippen molar-refractivity contribution in [3.8, 4) is 0 Å². The van der Waals surface area contributed by atoms with Crippen LogP contribution in [0.25, 0.3) is 0 Å². The summed E-state index contributed by atoms with van der Waals surface area (Å²) in [5.41, 5.74) is 5.71. The van der Waals surface area contributed by atoms with Crippen molar-refractivity contribution >= 4 is 17.6 Å². The van der Waals surface area contributed by atoms with Gasteiger partial charge in [-0.25, -0.2) is 15.0 Å². The standard InChI is InChI=1S/C13H16N4S/c1-13(2,3)12-16-9(14)8-11(17-12)18-10-6-4-5-7-15-10/h4-8H,1-3H3,(H2,14,16,17). The lowest BCUT2D eigenvalue weighted by Gasteiger charge is -2.17. The molecule has 2 aromatic rings. The lowest BCUT2D eigenvalue weighted by atomic mass is 9.96. The van der Waals surface area contributed by atoms with Crippen LogP contribution in [0.2, 0.25) is 0 Å². The smallest absolute Gasteiger partial charge is 0.137 e. The number of nitrogens with two attached hydrogens (primary N) is 1. The quantitative estimate of drug-likeness (QED) is 0.841. The SMILES string of the molecule is CC(C)(C)c1nc(N)cc(Sc2ccccn2)n1. The summed E-state index contributed by atoms with van der Waals surface area (Å²) in [4.78, 5) is 13.1. The second-order valence-electron chi connectivity index (χ2n) is 4.97. The van der Waals surface area contributed by atoms with Crippen molar-refractivity contribution in [1.82, 2.24) is 15.0 Å². The third-order valence-electron chi connectivity index (χ3n) is 2.24. The van der Waals surface area contributed by atoms with Crippen LogP contribution in [-0.2, 0) is 5.41 Å². The Balaban J connectivity index is 2.32. The highest BCUT2D eigenvalue weighted by molar-refractivity contribution is 7.99. The van der Waals surface area contributed by atoms with Crippen molar-refractivity contribution in [2.24, 2.45) is 0 Å². The topological polar surface area (TPSA) is 64.7 Å². The first-order valence-electron chi connectivity index (χ1n) is 5.69. The summed E-state index contributed by atoms with van der Waals surface area (Å²) in [6.45, 7) is 6.20. The van der Waals surface area contributed by atoms with Crippen molar-refractivity contribution < 1.29 is 0 Å². The van der Waals surface area contributed by atoms with Crippen LogP contribution >= 0.6 is 11.8 Å². The van der Waals surface area contributed by atoms with E-state index in [1.165, 1.54) is 11.8 Å². The zero-order valence-electron chi connectivity index (χ0n) is 10.7. The van der Waals surface area contributed by atoms with Gasteiger partial charge in [-0.05, 0) is 23.9 Å². The fraction of sp³-hybridized carbons (Fsp3) is 0.308. The van der Waals surface area contributed by atoms with Gasteiger partial charge < -0.3 is 5.73 Å². The van der Waals surface area contributed by atoms with Crippen LogP contribution in [0.15, 0.2) is 40.5 Å². The largest absolute Gasteiger partial charge is 0.384 e. The molecule has 0 radical (unpaired) electrons. The summed E-state index contributed by atoms with van der Waals surface area (Å²) in [5.74, 6) is 1.24. The van der Waals surface area contributed by atoms with Gasteiger partial charge in [-0.15, -0.1) is 0 Å². The Morgan fingerprint density at radius 1 is 1.11 bits per heavy atom. The lowest BCUT2D eigenvalue weighted by Crippen LogP contribution is -2.17. The molecule has 2 rings (SSSR count). The third-order valence-corrected chi connectivity index (χ3v) is 3.11. The molecule has 0 fully saturated rings. The maximum atomic E-state index is 5.82. The molecule has 0 spiro atoms. The molecule has 0 aliphatic rings. The number of nitrogen functional groups attached to an aromatic ring is 1. The molecule has 2 N–H and O–H groups in total. The van der Waals surface area contributed by atoms with E-state index in [0.29, 0.717) is 5.82 Å². The highest BCUT2D eigenvalue weighted by atomic mass is 32.2. The zero-order chi connectivity index (χ0) is 13.2. The zero-order valence-corrected chi connectivity index (χ0v) is 11.5. The highest BCUT2D eigenvalue weighted by Gasteiger charge is 2.18. The first-order valence-corrected chi connectivity index (χ1v) is 6.51. The van der Waals surface area contributed by atoms with Gasteiger partial charge in [0.05, 0.1) is 0 Å². The van der Waals surface area contributed by atoms with Gasteiger partial charge in [0.15, 0.2) is 0 Å². The molecule has 0 aliphatic carbocycles. The predicted molar refractivity (Wildman–Crippen MR) is 73.5 cm³/mol. The monoisotopic (exact) mass is 260 g/mol. The average Bonchev–Trinajstić information content (AvgIpc) is 2.28. The molecule has 0 aromatic carbocycles. The minimum Gasteiger partial charge on any atom is -0.384 e. The Morgan fingerprint density at radius 2 is 1.89 bits per heavy atom. The number of anilines is 1. The van der Waals surface area contributed by atoms with Crippen LogP contribution in [-0.4, -0.2) is 15.0 Å². The van der Waals surface area contributed by atoms with Crippen LogP contribution in [0.3, 0.4) is 0 Å². The normalized spacial score (nSPS) is 11.5. The molecule has 2 aromatic heterocycles. The van der Waals surface area contributed by atoms with Crippen molar-refractivity contribution in [2.45, 2.75) is 36.2 Å². The number of aromatic nitrogens is 3. The van der Waals surface area contributed by atoms with E-state index >= 15 is 0 Å². The van der Waals surface area contributed by atoms with Crippen LogP contribution in [0.4, 0.5) is 5.82 Å². The Hall–Kier alpha value is -1.62. The van der Waals surface area contributed by atoms with E-state index in [1.54, 1.807) is 12.3 Å². The molecular formula is C13H16N4S. The number of pyridine rings is 1. The molecular weight excluding hydrogens is 244 g/mol. The van der Waals surface area contributed by atoms with E-state index in [0.717, 1.165) is 15.9 Å². The van der Waals surface area contributed by atoms with E-state index in [-0.39, 0.29) is 5.41 Å². The number of rotatable bonds is 2. The van der Waals surface area contributed by atoms with Gasteiger partial charge in [0.25, 0.3) is 0 Å². The van der Waals surface area contributed by atoms with Gasteiger partial charge in [0.2, 0.25) is 0 Å². The highest BCUT2D eigenvalue weighted by Crippen LogP contribution is 2.27. The fourth-order valence-corrected chi connectivity index (χ4v) is 2.13. The Labute approximate surface area is 111 Å².